The molecule has 0 spiro atoms. The van der Waals surface area contributed by atoms with Gasteiger partial charge in [0.25, 0.3) is 0 Å². The van der Waals surface area contributed by atoms with Gasteiger partial charge in [-0.05, 0) is 26.1 Å². The van der Waals surface area contributed by atoms with Crippen molar-refractivity contribution in [1.82, 2.24) is 15.3 Å². The monoisotopic (exact) mass is 203 g/mol. The summed E-state index contributed by atoms with van der Waals surface area (Å²) in [7, 11) is 1.89. The second kappa shape index (κ2) is 4.23. The van der Waals surface area contributed by atoms with Crippen molar-refractivity contribution < 1.29 is 4.42 Å². The molecule has 0 aliphatic heterocycles. The van der Waals surface area contributed by atoms with Crippen LogP contribution in [0.15, 0.2) is 35.1 Å². The topological polar surface area (TPSA) is 51.0 Å². The van der Waals surface area contributed by atoms with Crippen molar-refractivity contribution in [3.63, 3.8) is 0 Å². The Labute approximate surface area is 88.4 Å². The first-order valence-corrected chi connectivity index (χ1v) is 4.84. The summed E-state index contributed by atoms with van der Waals surface area (Å²) >= 11 is 0. The molecule has 15 heavy (non-hydrogen) atoms. The van der Waals surface area contributed by atoms with Crippen LogP contribution in [0.2, 0.25) is 0 Å². The molecule has 2 aromatic rings. The van der Waals surface area contributed by atoms with E-state index in [4.69, 9.17) is 4.42 Å². The summed E-state index contributed by atoms with van der Waals surface area (Å²) in [6.07, 6.45) is 5.19. The number of nitrogens with zero attached hydrogens (tertiary/aromatic N) is 2. The van der Waals surface area contributed by atoms with E-state index in [1.807, 2.05) is 26.1 Å². The molecule has 0 amide bonds. The molecule has 1 atom stereocenters. The molecule has 4 nitrogen and oxygen atoms in total. The smallest absolute Gasteiger partial charge is 0.226 e. The second-order valence-corrected chi connectivity index (χ2v) is 3.31. The molecule has 78 valence electrons. The van der Waals surface area contributed by atoms with Crippen molar-refractivity contribution >= 4 is 0 Å². The lowest BCUT2D eigenvalue weighted by molar-refractivity contribution is 0.456. The fourth-order valence-corrected chi connectivity index (χ4v) is 1.26. The van der Waals surface area contributed by atoms with Crippen LogP contribution in [-0.2, 0) is 0 Å². The normalized spacial score (nSPS) is 12.7. The molecular weight excluding hydrogens is 190 g/mol. The highest BCUT2D eigenvalue weighted by molar-refractivity contribution is 5.51. The number of hydrogen-bond donors (Lipinski definition) is 1. The second-order valence-electron chi connectivity index (χ2n) is 3.31. The van der Waals surface area contributed by atoms with Crippen LogP contribution in [0.25, 0.3) is 11.5 Å². The molecule has 0 aliphatic carbocycles. The fraction of sp³-hybridized carbons (Fsp3) is 0.273. The number of nitrogens with one attached hydrogen (secondary N) is 1. The zero-order chi connectivity index (χ0) is 10.7. The van der Waals surface area contributed by atoms with Crippen molar-refractivity contribution in [3.8, 4) is 11.5 Å². The van der Waals surface area contributed by atoms with E-state index in [-0.39, 0.29) is 6.04 Å². The van der Waals surface area contributed by atoms with Gasteiger partial charge in [0, 0.05) is 18.0 Å². The molecule has 0 fully saturated rings. The van der Waals surface area contributed by atoms with E-state index >= 15 is 0 Å². The Kier molecular flexibility index (Phi) is 2.78. The first-order chi connectivity index (χ1) is 7.31. The van der Waals surface area contributed by atoms with E-state index in [0.717, 1.165) is 11.3 Å². The van der Waals surface area contributed by atoms with Gasteiger partial charge in [0.2, 0.25) is 5.89 Å². The zero-order valence-corrected chi connectivity index (χ0v) is 8.77. The van der Waals surface area contributed by atoms with Gasteiger partial charge < -0.3 is 9.73 Å². The quantitative estimate of drug-likeness (QED) is 0.829. The van der Waals surface area contributed by atoms with Gasteiger partial charge in [-0.1, -0.05) is 0 Å². The van der Waals surface area contributed by atoms with Crippen molar-refractivity contribution in [1.29, 1.82) is 0 Å². The minimum Gasteiger partial charge on any atom is -0.440 e. The number of aromatic nitrogens is 2. The predicted octanol–water partition coefficient (Wildman–Crippen LogP) is 2.02. The highest BCUT2D eigenvalue weighted by Gasteiger charge is 2.10. The SMILES string of the molecule is CNC(C)c1cnc(-c2ccncc2)o1. The molecule has 0 saturated heterocycles. The van der Waals surface area contributed by atoms with Crippen LogP contribution >= 0.6 is 0 Å². The highest BCUT2D eigenvalue weighted by Crippen LogP contribution is 2.21. The summed E-state index contributed by atoms with van der Waals surface area (Å²) in [4.78, 5) is 8.17. The van der Waals surface area contributed by atoms with Gasteiger partial charge in [0.15, 0.2) is 0 Å². The predicted molar refractivity (Wildman–Crippen MR) is 57.2 cm³/mol. The average molecular weight is 203 g/mol. The van der Waals surface area contributed by atoms with Crippen LogP contribution in [0.3, 0.4) is 0 Å². The van der Waals surface area contributed by atoms with E-state index < -0.39 is 0 Å². The van der Waals surface area contributed by atoms with Crippen LogP contribution in [0.4, 0.5) is 0 Å². The molecule has 0 radical (unpaired) electrons. The van der Waals surface area contributed by atoms with Gasteiger partial charge >= 0.3 is 0 Å². The minimum absolute atomic E-state index is 0.174. The molecule has 4 heteroatoms. The summed E-state index contributed by atoms with van der Waals surface area (Å²) in [5.41, 5.74) is 0.944. The van der Waals surface area contributed by atoms with Crippen LogP contribution in [0.5, 0.6) is 0 Å². The zero-order valence-electron chi connectivity index (χ0n) is 8.77. The molecule has 1 N–H and O–H groups in total. The molecule has 2 rings (SSSR count). The maximum absolute atomic E-state index is 5.62. The summed E-state index contributed by atoms with van der Waals surface area (Å²) in [5, 5.41) is 3.10. The lowest BCUT2D eigenvalue weighted by Gasteiger charge is -2.04. The van der Waals surface area contributed by atoms with Gasteiger partial charge in [0.05, 0.1) is 12.2 Å². The van der Waals surface area contributed by atoms with Gasteiger partial charge in [0.1, 0.15) is 5.76 Å². The van der Waals surface area contributed by atoms with E-state index in [0.29, 0.717) is 5.89 Å². The van der Waals surface area contributed by atoms with Crippen LogP contribution < -0.4 is 5.32 Å². The Morgan fingerprint density at radius 3 is 2.73 bits per heavy atom. The summed E-state index contributed by atoms with van der Waals surface area (Å²) in [6, 6.07) is 3.92. The molecule has 0 saturated carbocycles. The van der Waals surface area contributed by atoms with Crippen LogP contribution in [-0.4, -0.2) is 17.0 Å². The molecule has 0 aromatic carbocycles. The number of rotatable bonds is 3. The molecule has 2 heterocycles. The van der Waals surface area contributed by atoms with E-state index in [2.05, 4.69) is 15.3 Å². The Morgan fingerprint density at radius 1 is 1.33 bits per heavy atom. The third-order valence-corrected chi connectivity index (χ3v) is 2.31. The molecule has 1 unspecified atom stereocenters. The summed E-state index contributed by atoms with van der Waals surface area (Å²) in [6.45, 7) is 2.02. The number of hydrogen-bond acceptors (Lipinski definition) is 4. The van der Waals surface area contributed by atoms with E-state index in [1.165, 1.54) is 0 Å². The van der Waals surface area contributed by atoms with Crippen molar-refractivity contribution in [2.75, 3.05) is 7.05 Å². The Balaban J connectivity index is 2.28. The van der Waals surface area contributed by atoms with Gasteiger partial charge in [-0.25, -0.2) is 4.98 Å². The maximum Gasteiger partial charge on any atom is 0.226 e. The molecule has 0 aliphatic rings. The Bertz CT molecular complexity index is 424. The fourth-order valence-electron chi connectivity index (χ4n) is 1.26. The largest absolute Gasteiger partial charge is 0.440 e. The third-order valence-electron chi connectivity index (χ3n) is 2.31. The summed E-state index contributed by atoms with van der Waals surface area (Å²) in [5.74, 6) is 1.47. The first kappa shape index (κ1) is 9.86. The highest BCUT2D eigenvalue weighted by atomic mass is 16.4. The number of oxazole rings is 1. The lowest BCUT2D eigenvalue weighted by Crippen LogP contribution is -2.11. The average Bonchev–Trinajstić information content (AvgIpc) is 2.78. The van der Waals surface area contributed by atoms with Crippen molar-refractivity contribution in [2.45, 2.75) is 13.0 Å². The van der Waals surface area contributed by atoms with Crippen molar-refractivity contribution in [3.05, 3.63) is 36.5 Å². The summed E-state index contributed by atoms with van der Waals surface area (Å²) < 4.78 is 5.62. The van der Waals surface area contributed by atoms with Crippen LogP contribution in [0.1, 0.15) is 18.7 Å². The maximum atomic E-state index is 5.62. The standard InChI is InChI=1S/C11H13N3O/c1-8(12-2)10-7-14-11(15-10)9-3-5-13-6-4-9/h3-8,12H,1-2H3. The van der Waals surface area contributed by atoms with Crippen LogP contribution in [0, 0.1) is 0 Å². The minimum atomic E-state index is 0.174. The van der Waals surface area contributed by atoms with Gasteiger partial charge in [-0.2, -0.15) is 0 Å². The van der Waals surface area contributed by atoms with Gasteiger partial charge in [-0.3, -0.25) is 4.98 Å². The third kappa shape index (κ3) is 2.05. The van der Waals surface area contributed by atoms with Gasteiger partial charge in [-0.15, -0.1) is 0 Å². The van der Waals surface area contributed by atoms with E-state index in [9.17, 15) is 0 Å². The molecular formula is C11H13N3O. The van der Waals surface area contributed by atoms with Crippen molar-refractivity contribution in [2.24, 2.45) is 0 Å². The Hall–Kier alpha value is -1.68. The molecule has 2 aromatic heterocycles. The van der Waals surface area contributed by atoms with E-state index in [1.54, 1.807) is 18.6 Å². The molecule has 0 bridgehead atoms. The first-order valence-electron chi connectivity index (χ1n) is 4.84. The lowest BCUT2D eigenvalue weighted by atomic mass is 10.3. The number of pyridine rings is 1. The Morgan fingerprint density at radius 2 is 2.07 bits per heavy atom.